The molecule has 0 radical (unpaired) electrons. The Hall–Kier alpha value is -1.10. The van der Waals surface area contributed by atoms with Crippen molar-refractivity contribution in [2.75, 3.05) is 27.3 Å². The van der Waals surface area contributed by atoms with E-state index in [1.165, 1.54) is 14.2 Å². The fourth-order valence-corrected chi connectivity index (χ4v) is 2.92. The first kappa shape index (κ1) is 11.4. The Labute approximate surface area is 94.7 Å². The lowest BCUT2D eigenvalue weighted by atomic mass is 9.74. The second-order valence-corrected chi connectivity index (χ2v) is 4.39. The summed E-state index contributed by atoms with van der Waals surface area (Å²) in [7, 11) is 2.73. The van der Waals surface area contributed by atoms with Crippen molar-refractivity contribution < 1.29 is 19.1 Å². The van der Waals surface area contributed by atoms with Crippen molar-refractivity contribution in [3.8, 4) is 0 Å². The van der Waals surface area contributed by atoms with Gasteiger partial charge in [-0.3, -0.25) is 14.5 Å². The van der Waals surface area contributed by atoms with Crippen LogP contribution in [0.15, 0.2) is 0 Å². The predicted molar refractivity (Wildman–Crippen MR) is 55.6 cm³/mol. The Balaban J connectivity index is 2.23. The molecule has 0 aromatic rings. The fraction of sp³-hybridized carbons (Fsp3) is 0.818. The van der Waals surface area contributed by atoms with E-state index in [0.29, 0.717) is 0 Å². The molecule has 2 atom stereocenters. The second kappa shape index (κ2) is 4.41. The molecule has 0 spiro atoms. The van der Waals surface area contributed by atoms with Crippen LogP contribution in [0.3, 0.4) is 0 Å². The quantitative estimate of drug-likeness (QED) is 0.624. The summed E-state index contributed by atoms with van der Waals surface area (Å²) < 4.78 is 9.57. The molecule has 2 unspecified atom stereocenters. The smallest absolute Gasteiger partial charge is 0.323 e. The predicted octanol–water partition coefficient (Wildman–Crippen LogP) is 0.0428. The highest BCUT2D eigenvalue weighted by atomic mass is 16.5. The third kappa shape index (κ3) is 1.69. The summed E-state index contributed by atoms with van der Waals surface area (Å²) in [4.78, 5) is 25.5. The van der Waals surface area contributed by atoms with E-state index in [4.69, 9.17) is 9.47 Å². The number of esters is 2. The zero-order valence-corrected chi connectivity index (χ0v) is 9.64. The second-order valence-electron chi connectivity index (χ2n) is 4.39. The Morgan fingerprint density at radius 2 is 1.62 bits per heavy atom. The lowest BCUT2D eigenvalue weighted by molar-refractivity contribution is -0.170. The number of hydrogen-bond acceptors (Lipinski definition) is 5. The van der Waals surface area contributed by atoms with Crippen LogP contribution in [0.4, 0.5) is 0 Å². The Morgan fingerprint density at radius 1 is 1.06 bits per heavy atom. The lowest BCUT2D eigenvalue weighted by Crippen LogP contribution is -2.60. The zero-order chi connectivity index (χ0) is 11.7. The van der Waals surface area contributed by atoms with E-state index in [1.54, 1.807) is 0 Å². The molecule has 0 aliphatic carbocycles. The van der Waals surface area contributed by atoms with Crippen molar-refractivity contribution in [1.29, 1.82) is 0 Å². The molecule has 90 valence electrons. The number of carbonyl (C=O) groups excluding carboxylic acids is 2. The zero-order valence-electron chi connectivity index (χ0n) is 9.64. The van der Waals surface area contributed by atoms with Crippen LogP contribution in [-0.4, -0.2) is 50.2 Å². The van der Waals surface area contributed by atoms with Gasteiger partial charge in [0.2, 0.25) is 0 Å². The number of piperidine rings is 3. The molecule has 0 amide bonds. The molecular weight excluding hydrogens is 210 g/mol. The number of carbonyl (C=O) groups is 2. The summed E-state index contributed by atoms with van der Waals surface area (Å²) in [6.07, 6.45) is 1.93. The third-order valence-corrected chi connectivity index (χ3v) is 3.73. The highest BCUT2D eigenvalue weighted by Gasteiger charge is 2.50. The molecule has 0 aromatic heterocycles. The van der Waals surface area contributed by atoms with E-state index < -0.39 is 6.04 Å². The van der Waals surface area contributed by atoms with Crippen molar-refractivity contribution in [3.63, 3.8) is 0 Å². The van der Waals surface area contributed by atoms with Gasteiger partial charge in [0.05, 0.1) is 20.1 Å². The van der Waals surface area contributed by atoms with Crippen molar-refractivity contribution in [2.24, 2.45) is 11.8 Å². The molecule has 3 rings (SSSR count). The SMILES string of the molecule is COC(=O)C1C2CCN(CC2)C1C(=O)OC. The van der Waals surface area contributed by atoms with Gasteiger partial charge in [-0.05, 0) is 31.8 Å². The van der Waals surface area contributed by atoms with Crippen molar-refractivity contribution in [2.45, 2.75) is 18.9 Å². The molecule has 0 aromatic carbocycles. The van der Waals surface area contributed by atoms with E-state index in [9.17, 15) is 9.59 Å². The monoisotopic (exact) mass is 227 g/mol. The van der Waals surface area contributed by atoms with Gasteiger partial charge in [-0.1, -0.05) is 0 Å². The highest BCUT2D eigenvalue weighted by Crippen LogP contribution is 2.38. The van der Waals surface area contributed by atoms with Gasteiger partial charge in [-0.15, -0.1) is 0 Å². The average molecular weight is 227 g/mol. The molecule has 2 bridgehead atoms. The minimum atomic E-state index is -0.440. The largest absolute Gasteiger partial charge is 0.469 e. The Morgan fingerprint density at radius 3 is 2.12 bits per heavy atom. The van der Waals surface area contributed by atoms with Crippen LogP contribution in [0.25, 0.3) is 0 Å². The molecule has 0 saturated carbocycles. The van der Waals surface area contributed by atoms with E-state index in [-0.39, 0.29) is 23.8 Å². The number of hydrogen-bond donors (Lipinski definition) is 0. The first-order valence-electron chi connectivity index (χ1n) is 5.58. The first-order chi connectivity index (χ1) is 7.69. The molecule has 16 heavy (non-hydrogen) atoms. The van der Waals surface area contributed by atoms with Gasteiger partial charge in [0.15, 0.2) is 0 Å². The summed E-state index contributed by atoms with van der Waals surface area (Å²) in [6.45, 7) is 1.75. The van der Waals surface area contributed by atoms with Crippen LogP contribution >= 0.6 is 0 Å². The van der Waals surface area contributed by atoms with E-state index in [0.717, 1.165) is 25.9 Å². The van der Waals surface area contributed by atoms with Crippen LogP contribution in [0.1, 0.15) is 12.8 Å². The van der Waals surface area contributed by atoms with Gasteiger partial charge >= 0.3 is 11.9 Å². The Bertz CT molecular complexity index is 266. The third-order valence-electron chi connectivity index (χ3n) is 3.73. The average Bonchev–Trinajstić information content (AvgIpc) is 2.37. The summed E-state index contributed by atoms with van der Waals surface area (Å²) in [6, 6.07) is -0.440. The maximum absolute atomic E-state index is 11.7. The lowest BCUT2D eigenvalue weighted by Gasteiger charge is -2.47. The van der Waals surface area contributed by atoms with Gasteiger partial charge in [0.25, 0.3) is 0 Å². The number of fused-ring (bicyclic) bond motifs is 3. The number of nitrogens with zero attached hydrogens (tertiary/aromatic N) is 1. The maximum atomic E-state index is 11.7. The number of rotatable bonds is 2. The minimum absolute atomic E-state index is 0.265. The van der Waals surface area contributed by atoms with Crippen LogP contribution in [-0.2, 0) is 19.1 Å². The minimum Gasteiger partial charge on any atom is -0.469 e. The normalized spacial score (nSPS) is 36.9. The van der Waals surface area contributed by atoms with Crippen LogP contribution in [0.2, 0.25) is 0 Å². The molecule has 3 aliphatic rings. The fourth-order valence-electron chi connectivity index (χ4n) is 2.92. The van der Waals surface area contributed by atoms with E-state index in [2.05, 4.69) is 0 Å². The van der Waals surface area contributed by atoms with Gasteiger partial charge in [-0.2, -0.15) is 0 Å². The van der Waals surface area contributed by atoms with Crippen molar-refractivity contribution in [1.82, 2.24) is 4.90 Å². The molecule has 3 heterocycles. The summed E-state index contributed by atoms with van der Waals surface area (Å²) in [5.74, 6) is -0.689. The summed E-state index contributed by atoms with van der Waals surface area (Å²) >= 11 is 0. The van der Waals surface area contributed by atoms with Gasteiger partial charge in [-0.25, -0.2) is 0 Å². The molecular formula is C11H17NO4. The molecule has 3 saturated heterocycles. The van der Waals surface area contributed by atoms with Gasteiger partial charge < -0.3 is 9.47 Å². The van der Waals surface area contributed by atoms with Crippen molar-refractivity contribution in [3.05, 3.63) is 0 Å². The van der Waals surface area contributed by atoms with Gasteiger partial charge in [0.1, 0.15) is 6.04 Å². The first-order valence-corrected chi connectivity index (χ1v) is 5.58. The standard InChI is InChI=1S/C11H17NO4/c1-15-10(13)8-7-3-5-12(6-4-7)9(8)11(14)16-2/h7-9H,3-6H2,1-2H3. The maximum Gasteiger partial charge on any atom is 0.323 e. The number of methoxy groups -OCH3 is 2. The van der Waals surface area contributed by atoms with Crippen LogP contribution in [0.5, 0.6) is 0 Å². The highest BCUT2D eigenvalue weighted by molar-refractivity contribution is 5.85. The molecule has 3 aliphatic heterocycles. The number of ether oxygens (including phenoxy) is 2. The summed E-state index contributed by atoms with van der Waals surface area (Å²) in [5.41, 5.74) is 0. The van der Waals surface area contributed by atoms with E-state index in [1.807, 2.05) is 4.90 Å². The molecule has 0 N–H and O–H groups in total. The molecule has 5 nitrogen and oxygen atoms in total. The topological polar surface area (TPSA) is 55.8 Å². The van der Waals surface area contributed by atoms with Crippen molar-refractivity contribution >= 4 is 11.9 Å². The van der Waals surface area contributed by atoms with E-state index >= 15 is 0 Å². The summed E-state index contributed by atoms with van der Waals surface area (Å²) in [5, 5.41) is 0. The van der Waals surface area contributed by atoms with Gasteiger partial charge in [0, 0.05) is 0 Å². The van der Waals surface area contributed by atoms with Crippen LogP contribution in [0, 0.1) is 11.8 Å². The molecule has 3 fully saturated rings. The van der Waals surface area contributed by atoms with Crippen LogP contribution < -0.4 is 0 Å². The molecule has 5 heteroatoms. The Kier molecular flexibility index (Phi) is 3.14.